The quantitative estimate of drug-likeness (QED) is 0.551. The maximum Gasteiger partial charge on any atom is 0.251 e. The summed E-state index contributed by atoms with van der Waals surface area (Å²) < 4.78 is 1.82. The van der Waals surface area contributed by atoms with E-state index in [-0.39, 0.29) is 11.8 Å². The molecule has 2 N–H and O–H groups in total. The summed E-state index contributed by atoms with van der Waals surface area (Å²) in [5.41, 5.74) is 3.28. The van der Waals surface area contributed by atoms with Crippen LogP contribution in [-0.4, -0.2) is 39.6 Å². The molecule has 2 amide bonds. The molecule has 3 rings (SSSR count). The lowest BCUT2D eigenvalue weighted by Gasteiger charge is -2.19. The number of aryl methyl sites for hydroxylation is 1. The maximum absolute atomic E-state index is 12.9. The molecule has 1 heterocycles. The van der Waals surface area contributed by atoms with Crippen molar-refractivity contribution in [3.05, 3.63) is 83.7 Å². The van der Waals surface area contributed by atoms with Crippen molar-refractivity contribution >= 4 is 29.3 Å². The van der Waals surface area contributed by atoms with Gasteiger partial charge < -0.3 is 10.6 Å². The van der Waals surface area contributed by atoms with Crippen molar-refractivity contribution in [2.45, 2.75) is 25.9 Å². The largest absolute Gasteiger partial charge is 0.340 e. The Morgan fingerprint density at radius 1 is 1.13 bits per heavy atom. The van der Waals surface area contributed by atoms with Crippen LogP contribution in [-0.2, 0) is 11.3 Å². The summed E-state index contributed by atoms with van der Waals surface area (Å²) in [5.74, 6) is 0.305. The molecule has 0 aliphatic carbocycles. The number of anilines is 1. The van der Waals surface area contributed by atoms with E-state index in [0.717, 1.165) is 16.9 Å². The molecule has 0 saturated heterocycles. The molecule has 1 aromatic heterocycles. The van der Waals surface area contributed by atoms with E-state index in [9.17, 15) is 9.59 Å². The zero-order valence-corrected chi connectivity index (χ0v) is 18.0. The van der Waals surface area contributed by atoms with Gasteiger partial charge in [-0.25, -0.2) is 0 Å². The first-order valence-electron chi connectivity index (χ1n) is 9.79. The van der Waals surface area contributed by atoms with E-state index in [4.69, 9.17) is 0 Å². The number of amides is 2. The zero-order chi connectivity index (χ0) is 21.3. The highest BCUT2D eigenvalue weighted by Crippen LogP contribution is 2.14. The fourth-order valence-corrected chi connectivity index (χ4v) is 3.56. The van der Waals surface area contributed by atoms with Crippen LogP contribution in [0.1, 0.15) is 27.9 Å². The van der Waals surface area contributed by atoms with E-state index in [1.807, 2.05) is 72.6 Å². The molecule has 0 radical (unpaired) electrons. The molecule has 1 unspecified atom stereocenters. The van der Waals surface area contributed by atoms with E-state index in [1.54, 1.807) is 24.0 Å². The van der Waals surface area contributed by atoms with Gasteiger partial charge >= 0.3 is 0 Å². The van der Waals surface area contributed by atoms with Crippen molar-refractivity contribution in [3.63, 3.8) is 0 Å². The first-order valence-corrected chi connectivity index (χ1v) is 11.2. The average molecular weight is 423 g/mol. The van der Waals surface area contributed by atoms with Crippen LogP contribution < -0.4 is 10.6 Å². The monoisotopic (exact) mass is 422 g/mol. The number of hydrogen-bond acceptors (Lipinski definition) is 4. The lowest BCUT2D eigenvalue weighted by atomic mass is 10.1. The number of rotatable bonds is 9. The molecule has 0 bridgehead atoms. The third-order valence-electron chi connectivity index (χ3n) is 4.61. The number of hydrogen-bond donors (Lipinski definition) is 2. The van der Waals surface area contributed by atoms with Gasteiger partial charge in [0, 0.05) is 23.6 Å². The van der Waals surface area contributed by atoms with Crippen LogP contribution in [0.2, 0.25) is 0 Å². The first-order chi connectivity index (χ1) is 14.5. The number of nitrogens with zero attached hydrogens (tertiary/aromatic N) is 2. The number of carbonyl (C=O) groups excluding carboxylic acids is 2. The number of nitrogens with one attached hydrogen (secondary N) is 2. The molecule has 156 valence electrons. The normalized spacial score (nSPS) is 11.7. The molecular formula is C23H26N4O2S. The fraction of sp³-hybridized carbons (Fsp3) is 0.261. The SMILES string of the molecule is CSCCC(NC(=O)c1cccc(C)c1)C(=O)Nc1cccc(Cn2cccn2)c1. The second kappa shape index (κ2) is 10.6. The van der Waals surface area contributed by atoms with Gasteiger partial charge in [-0.1, -0.05) is 29.8 Å². The highest BCUT2D eigenvalue weighted by molar-refractivity contribution is 7.98. The molecule has 3 aromatic rings. The van der Waals surface area contributed by atoms with Crippen LogP contribution in [0.15, 0.2) is 67.0 Å². The molecule has 0 fully saturated rings. The van der Waals surface area contributed by atoms with Gasteiger partial charge in [0.15, 0.2) is 0 Å². The Kier molecular flexibility index (Phi) is 7.68. The molecule has 0 spiro atoms. The number of carbonyl (C=O) groups is 2. The van der Waals surface area contributed by atoms with Gasteiger partial charge in [-0.2, -0.15) is 16.9 Å². The molecule has 0 aliphatic heterocycles. The third kappa shape index (κ3) is 6.22. The van der Waals surface area contributed by atoms with Crippen molar-refractivity contribution in [2.24, 2.45) is 0 Å². The summed E-state index contributed by atoms with van der Waals surface area (Å²) >= 11 is 1.64. The van der Waals surface area contributed by atoms with Gasteiger partial charge in [0.2, 0.25) is 5.91 Å². The van der Waals surface area contributed by atoms with Crippen molar-refractivity contribution in [3.8, 4) is 0 Å². The van der Waals surface area contributed by atoms with Crippen molar-refractivity contribution in [2.75, 3.05) is 17.3 Å². The van der Waals surface area contributed by atoms with Gasteiger partial charge in [0.25, 0.3) is 5.91 Å². The number of thioether (sulfide) groups is 1. The summed E-state index contributed by atoms with van der Waals surface area (Å²) in [6.07, 6.45) is 6.16. The standard InChI is InChI=1S/C23H26N4O2S/c1-17-6-3-8-19(14-17)22(28)26-21(10-13-30-2)23(29)25-20-9-4-7-18(15-20)16-27-12-5-11-24-27/h3-9,11-12,14-15,21H,10,13,16H2,1-2H3,(H,25,29)(H,26,28). The van der Waals surface area contributed by atoms with E-state index >= 15 is 0 Å². The Labute approximate surface area is 181 Å². The zero-order valence-electron chi connectivity index (χ0n) is 17.2. The lowest BCUT2D eigenvalue weighted by molar-refractivity contribution is -0.118. The van der Waals surface area contributed by atoms with Crippen LogP contribution in [0.5, 0.6) is 0 Å². The summed E-state index contributed by atoms with van der Waals surface area (Å²) in [4.78, 5) is 25.6. The van der Waals surface area contributed by atoms with Crippen LogP contribution in [0.4, 0.5) is 5.69 Å². The van der Waals surface area contributed by atoms with Crippen molar-refractivity contribution in [1.82, 2.24) is 15.1 Å². The minimum absolute atomic E-state index is 0.221. The van der Waals surface area contributed by atoms with Crippen LogP contribution in [0, 0.1) is 6.92 Å². The Hall–Kier alpha value is -3.06. The molecule has 7 heteroatoms. The smallest absolute Gasteiger partial charge is 0.251 e. The van der Waals surface area contributed by atoms with E-state index < -0.39 is 6.04 Å². The molecular weight excluding hydrogens is 396 g/mol. The van der Waals surface area contributed by atoms with Gasteiger partial charge in [0.05, 0.1) is 6.54 Å². The predicted octanol–water partition coefficient (Wildman–Crippen LogP) is 3.73. The summed E-state index contributed by atoms with van der Waals surface area (Å²) in [6, 6.07) is 16.3. The second-order valence-corrected chi connectivity index (χ2v) is 8.06. The minimum Gasteiger partial charge on any atom is -0.340 e. The second-order valence-electron chi connectivity index (χ2n) is 7.07. The molecule has 0 saturated carbocycles. The van der Waals surface area contributed by atoms with Crippen LogP contribution in [0.25, 0.3) is 0 Å². The van der Waals surface area contributed by atoms with Gasteiger partial charge in [-0.15, -0.1) is 0 Å². The first kappa shape index (κ1) is 21.6. The molecule has 30 heavy (non-hydrogen) atoms. The van der Waals surface area contributed by atoms with E-state index in [2.05, 4.69) is 15.7 Å². The highest BCUT2D eigenvalue weighted by Gasteiger charge is 2.21. The van der Waals surface area contributed by atoms with Crippen molar-refractivity contribution in [1.29, 1.82) is 0 Å². The summed E-state index contributed by atoms with van der Waals surface area (Å²) in [6.45, 7) is 2.56. The number of aromatic nitrogens is 2. The third-order valence-corrected chi connectivity index (χ3v) is 5.25. The predicted molar refractivity (Wildman–Crippen MR) is 122 cm³/mol. The topological polar surface area (TPSA) is 76.0 Å². The van der Waals surface area contributed by atoms with Gasteiger partial charge in [0.1, 0.15) is 6.04 Å². The van der Waals surface area contributed by atoms with E-state index in [1.165, 1.54) is 0 Å². The fourth-order valence-electron chi connectivity index (χ4n) is 3.09. The lowest BCUT2D eigenvalue weighted by Crippen LogP contribution is -2.44. The maximum atomic E-state index is 12.9. The van der Waals surface area contributed by atoms with Crippen LogP contribution in [0.3, 0.4) is 0 Å². The minimum atomic E-state index is -0.611. The molecule has 0 aliphatic rings. The van der Waals surface area contributed by atoms with Gasteiger partial charge in [-0.05, 0) is 61.2 Å². The van der Waals surface area contributed by atoms with Crippen LogP contribution >= 0.6 is 11.8 Å². The Morgan fingerprint density at radius 2 is 1.97 bits per heavy atom. The Morgan fingerprint density at radius 3 is 2.70 bits per heavy atom. The average Bonchev–Trinajstić information content (AvgIpc) is 3.24. The molecule has 2 aromatic carbocycles. The highest BCUT2D eigenvalue weighted by atomic mass is 32.2. The van der Waals surface area contributed by atoms with Gasteiger partial charge in [-0.3, -0.25) is 14.3 Å². The van der Waals surface area contributed by atoms with E-state index in [0.29, 0.717) is 24.2 Å². The van der Waals surface area contributed by atoms with Crippen molar-refractivity contribution < 1.29 is 9.59 Å². The Bertz CT molecular complexity index is 988. The molecule has 6 nitrogen and oxygen atoms in total. The molecule has 1 atom stereocenters. The summed E-state index contributed by atoms with van der Waals surface area (Å²) in [7, 11) is 0. The summed E-state index contributed by atoms with van der Waals surface area (Å²) in [5, 5.41) is 10.0. The number of benzene rings is 2. The Balaban J connectivity index is 1.68.